The SMILES string of the molecule is CCOC1CCN(C(=O)C(C)S)CC1. The summed E-state index contributed by atoms with van der Waals surface area (Å²) in [6, 6.07) is 0. The average Bonchev–Trinajstić information content (AvgIpc) is 2.18. The molecule has 1 heterocycles. The van der Waals surface area contributed by atoms with Crippen LogP contribution in [0.1, 0.15) is 26.7 Å². The Hall–Kier alpha value is -0.220. The molecule has 0 aromatic rings. The number of likely N-dealkylation sites (tertiary alicyclic amines) is 1. The monoisotopic (exact) mass is 217 g/mol. The third-order valence-electron chi connectivity index (χ3n) is 2.51. The Morgan fingerprint density at radius 1 is 1.57 bits per heavy atom. The maximum absolute atomic E-state index is 11.6. The van der Waals surface area contributed by atoms with Crippen LogP contribution < -0.4 is 0 Å². The van der Waals surface area contributed by atoms with Crippen LogP contribution in [-0.4, -0.2) is 41.9 Å². The van der Waals surface area contributed by atoms with Gasteiger partial charge in [-0.25, -0.2) is 0 Å². The highest BCUT2D eigenvalue weighted by Gasteiger charge is 2.24. The molecule has 1 unspecified atom stereocenters. The predicted molar refractivity (Wildman–Crippen MR) is 59.7 cm³/mol. The van der Waals surface area contributed by atoms with Gasteiger partial charge < -0.3 is 9.64 Å². The molecule has 82 valence electrons. The van der Waals surface area contributed by atoms with Crippen LogP contribution in [0.15, 0.2) is 0 Å². The third-order valence-corrected chi connectivity index (χ3v) is 2.73. The van der Waals surface area contributed by atoms with Crippen molar-refractivity contribution in [3.05, 3.63) is 0 Å². The van der Waals surface area contributed by atoms with Gasteiger partial charge in [0.05, 0.1) is 11.4 Å². The van der Waals surface area contributed by atoms with Gasteiger partial charge in [0.2, 0.25) is 5.91 Å². The van der Waals surface area contributed by atoms with E-state index in [0.29, 0.717) is 6.10 Å². The molecule has 1 rings (SSSR count). The van der Waals surface area contributed by atoms with Crippen LogP contribution in [0.25, 0.3) is 0 Å². The van der Waals surface area contributed by atoms with Crippen molar-refractivity contribution in [2.45, 2.75) is 38.0 Å². The number of rotatable bonds is 3. The second kappa shape index (κ2) is 5.61. The summed E-state index contributed by atoms with van der Waals surface area (Å²) in [6.45, 7) is 6.22. The van der Waals surface area contributed by atoms with Crippen LogP contribution >= 0.6 is 12.6 Å². The summed E-state index contributed by atoms with van der Waals surface area (Å²) < 4.78 is 5.51. The molecule has 0 radical (unpaired) electrons. The van der Waals surface area contributed by atoms with E-state index in [-0.39, 0.29) is 11.2 Å². The zero-order valence-corrected chi connectivity index (χ0v) is 9.80. The maximum atomic E-state index is 11.6. The Morgan fingerprint density at radius 2 is 2.14 bits per heavy atom. The lowest BCUT2D eigenvalue weighted by atomic mass is 10.1. The number of nitrogens with zero attached hydrogens (tertiary/aromatic N) is 1. The summed E-state index contributed by atoms with van der Waals surface area (Å²) >= 11 is 4.14. The molecule has 1 atom stereocenters. The van der Waals surface area contributed by atoms with E-state index in [2.05, 4.69) is 12.6 Å². The van der Waals surface area contributed by atoms with Crippen molar-refractivity contribution >= 4 is 18.5 Å². The van der Waals surface area contributed by atoms with Gasteiger partial charge in [0.15, 0.2) is 0 Å². The Bertz CT molecular complexity index is 189. The molecular formula is C10H19NO2S. The molecule has 1 amide bonds. The minimum atomic E-state index is -0.182. The van der Waals surface area contributed by atoms with Crippen LogP contribution in [0.4, 0.5) is 0 Å². The van der Waals surface area contributed by atoms with Gasteiger partial charge in [-0.05, 0) is 26.7 Å². The largest absolute Gasteiger partial charge is 0.378 e. The summed E-state index contributed by atoms with van der Waals surface area (Å²) in [4.78, 5) is 13.5. The van der Waals surface area contributed by atoms with Crippen molar-refractivity contribution in [1.82, 2.24) is 4.90 Å². The molecule has 1 saturated heterocycles. The van der Waals surface area contributed by atoms with Crippen molar-refractivity contribution in [2.24, 2.45) is 0 Å². The molecule has 1 aliphatic rings. The van der Waals surface area contributed by atoms with Crippen molar-refractivity contribution < 1.29 is 9.53 Å². The fourth-order valence-electron chi connectivity index (χ4n) is 1.74. The maximum Gasteiger partial charge on any atom is 0.235 e. The van der Waals surface area contributed by atoms with Crippen LogP contribution in [0, 0.1) is 0 Å². The lowest BCUT2D eigenvalue weighted by Gasteiger charge is -2.32. The van der Waals surface area contributed by atoms with E-state index in [1.807, 2.05) is 18.7 Å². The topological polar surface area (TPSA) is 29.5 Å². The van der Waals surface area contributed by atoms with E-state index in [0.717, 1.165) is 32.5 Å². The number of piperidine rings is 1. The Labute approximate surface area is 91.2 Å². The van der Waals surface area contributed by atoms with E-state index in [1.54, 1.807) is 0 Å². The second-order valence-corrected chi connectivity index (χ2v) is 4.43. The summed E-state index contributed by atoms with van der Waals surface area (Å²) in [5, 5.41) is -0.182. The normalized spacial score (nSPS) is 20.9. The van der Waals surface area contributed by atoms with Gasteiger partial charge in [-0.1, -0.05) is 0 Å². The van der Waals surface area contributed by atoms with E-state index in [9.17, 15) is 4.79 Å². The highest BCUT2D eigenvalue weighted by atomic mass is 32.1. The summed E-state index contributed by atoms with van der Waals surface area (Å²) in [6.07, 6.45) is 2.26. The van der Waals surface area contributed by atoms with Gasteiger partial charge in [-0.15, -0.1) is 0 Å². The van der Waals surface area contributed by atoms with E-state index < -0.39 is 0 Å². The molecule has 1 aliphatic heterocycles. The van der Waals surface area contributed by atoms with Crippen LogP contribution in [0.2, 0.25) is 0 Å². The van der Waals surface area contributed by atoms with Gasteiger partial charge >= 0.3 is 0 Å². The zero-order chi connectivity index (χ0) is 10.6. The Balaban J connectivity index is 2.32. The number of carbonyl (C=O) groups is 1. The molecule has 0 spiro atoms. The first-order chi connectivity index (χ1) is 6.65. The summed E-state index contributed by atoms with van der Waals surface area (Å²) in [5.41, 5.74) is 0. The number of amides is 1. The van der Waals surface area contributed by atoms with Crippen molar-refractivity contribution in [1.29, 1.82) is 0 Å². The molecule has 3 nitrogen and oxygen atoms in total. The van der Waals surface area contributed by atoms with Crippen molar-refractivity contribution in [3.63, 3.8) is 0 Å². The second-order valence-electron chi connectivity index (χ2n) is 3.66. The van der Waals surface area contributed by atoms with Gasteiger partial charge in [0, 0.05) is 19.7 Å². The zero-order valence-electron chi connectivity index (χ0n) is 8.90. The van der Waals surface area contributed by atoms with Gasteiger partial charge in [0.1, 0.15) is 0 Å². The summed E-state index contributed by atoms with van der Waals surface area (Å²) in [5.74, 6) is 0.142. The lowest BCUT2D eigenvalue weighted by molar-refractivity contribution is -0.132. The van der Waals surface area contributed by atoms with E-state index >= 15 is 0 Å². The number of thiol groups is 1. The third kappa shape index (κ3) is 3.17. The molecule has 0 aromatic heterocycles. The van der Waals surface area contributed by atoms with Gasteiger partial charge in [0.25, 0.3) is 0 Å². The minimum absolute atomic E-state index is 0.142. The summed E-state index contributed by atoms with van der Waals surface area (Å²) in [7, 11) is 0. The van der Waals surface area contributed by atoms with Crippen LogP contribution in [-0.2, 0) is 9.53 Å². The number of carbonyl (C=O) groups excluding carboxylic acids is 1. The van der Waals surface area contributed by atoms with Crippen LogP contribution in [0.5, 0.6) is 0 Å². The van der Waals surface area contributed by atoms with Crippen LogP contribution in [0.3, 0.4) is 0 Å². The number of hydrogen-bond acceptors (Lipinski definition) is 3. The first-order valence-electron chi connectivity index (χ1n) is 5.23. The Kier molecular flexibility index (Phi) is 4.75. The molecule has 0 aliphatic carbocycles. The molecule has 1 fully saturated rings. The van der Waals surface area contributed by atoms with Crippen molar-refractivity contribution in [2.75, 3.05) is 19.7 Å². The molecule has 4 heteroatoms. The Morgan fingerprint density at radius 3 is 2.57 bits per heavy atom. The average molecular weight is 217 g/mol. The quantitative estimate of drug-likeness (QED) is 0.723. The van der Waals surface area contributed by atoms with E-state index in [4.69, 9.17) is 4.74 Å². The fourth-order valence-corrected chi connectivity index (χ4v) is 1.91. The fraction of sp³-hybridized carbons (Fsp3) is 0.900. The predicted octanol–water partition coefficient (Wildman–Crippen LogP) is 1.33. The first-order valence-corrected chi connectivity index (χ1v) is 5.75. The van der Waals surface area contributed by atoms with E-state index in [1.165, 1.54) is 0 Å². The molecule has 0 aromatic carbocycles. The molecule has 0 saturated carbocycles. The highest BCUT2D eigenvalue weighted by Crippen LogP contribution is 2.15. The number of hydrogen-bond donors (Lipinski definition) is 1. The van der Waals surface area contributed by atoms with Gasteiger partial charge in [-0.2, -0.15) is 12.6 Å². The standard InChI is InChI=1S/C10H19NO2S/c1-3-13-9-4-6-11(7-5-9)10(12)8(2)14/h8-9,14H,3-7H2,1-2H3. The first kappa shape index (κ1) is 11.9. The molecule has 14 heavy (non-hydrogen) atoms. The van der Waals surface area contributed by atoms with Gasteiger partial charge in [-0.3, -0.25) is 4.79 Å². The molecule has 0 bridgehead atoms. The smallest absolute Gasteiger partial charge is 0.235 e. The highest BCUT2D eigenvalue weighted by molar-refractivity contribution is 7.81. The minimum Gasteiger partial charge on any atom is -0.378 e. The van der Waals surface area contributed by atoms with Crippen molar-refractivity contribution in [3.8, 4) is 0 Å². The lowest BCUT2D eigenvalue weighted by Crippen LogP contribution is -2.43. The molecular weight excluding hydrogens is 198 g/mol. The molecule has 0 N–H and O–H groups in total. The number of ether oxygens (including phenoxy) is 1.